The summed E-state index contributed by atoms with van der Waals surface area (Å²) in [5.41, 5.74) is 1.69. The van der Waals surface area contributed by atoms with Crippen LogP contribution in [0.2, 0.25) is 0 Å². The smallest absolute Gasteiger partial charge is 0.0303 e. The van der Waals surface area contributed by atoms with Gasteiger partial charge in [-0.25, -0.2) is 0 Å². The van der Waals surface area contributed by atoms with E-state index in [0.717, 1.165) is 6.54 Å². The first-order chi connectivity index (χ1) is 7.82. The van der Waals surface area contributed by atoms with E-state index in [0.29, 0.717) is 17.4 Å². The quantitative estimate of drug-likeness (QED) is 0.843. The molecule has 0 saturated carbocycles. The molecule has 1 rings (SSSR count). The van der Waals surface area contributed by atoms with Crippen LogP contribution in [-0.4, -0.2) is 6.54 Å². The fraction of sp³-hybridized carbons (Fsp3) is 0.600. The Bertz CT molecular complexity index is 354. The van der Waals surface area contributed by atoms with Crippen molar-refractivity contribution in [3.8, 4) is 0 Å². The van der Waals surface area contributed by atoms with Crippen molar-refractivity contribution in [1.29, 1.82) is 0 Å². The molecule has 2 unspecified atom stereocenters. The molecule has 0 fully saturated rings. The van der Waals surface area contributed by atoms with Gasteiger partial charge in [0.1, 0.15) is 0 Å². The highest BCUT2D eigenvalue weighted by molar-refractivity contribution is 9.10. The van der Waals surface area contributed by atoms with Crippen LogP contribution >= 0.6 is 15.9 Å². The molecule has 0 bridgehead atoms. The zero-order chi connectivity index (χ0) is 13.1. The minimum absolute atomic E-state index is 0.362. The minimum Gasteiger partial charge on any atom is -0.310 e. The molecule has 2 heteroatoms. The van der Waals surface area contributed by atoms with E-state index in [2.05, 4.69) is 80.1 Å². The van der Waals surface area contributed by atoms with E-state index in [1.165, 1.54) is 10.0 Å². The van der Waals surface area contributed by atoms with Gasteiger partial charge in [-0.15, -0.1) is 0 Å². The highest BCUT2D eigenvalue weighted by Crippen LogP contribution is 2.26. The molecule has 1 aromatic rings. The number of rotatable bonds is 4. The number of hydrogen-bond acceptors (Lipinski definition) is 1. The Morgan fingerprint density at radius 2 is 1.76 bits per heavy atom. The van der Waals surface area contributed by atoms with E-state index in [9.17, 15) is 0 Å². The largest absolute Gasteiger partial charge is 0.310 e. The van der Waals surface area contributed by atoms with Crippen LogP contribution in [0.25, 0.3) is 0 Å². The van der Waals surface area contributed by atoms with Gasteiger partial charge in [0.15, 0.2) is 0 Å². The second kappa shape index (κ2) is 6.01. The number of hydrogen-bond donors (Lipinski definition) is 1. The summed E-state index contributed by atoms with van der Waals surface area (Å²) in [6.45, 7) is 12.5. The fourth-order valence-electron chi connectivity index (χ4n) is 1.60. The van der Waals surface area contributed by atoms with E-state index in [1.807, 2.05) is 0 Å². The normalized spacial score (nSPS) is 15.6. The molecule has 0 aromatic heterocycles. The van der Waals surface area contributed by atoms with Gasteiger partial charge in [-0.1, -0.05) is 61.8 Å². The van der Waals surface area contributed by atoms with Gasteiger partial charge in [0.25, 0.3) is 0 Å². The standard InChI is InChI=1S/C15H24BrN/c1-11(15(3,4)5)10-17-12(2)13-8-6-7-9-14(13)16/h6-9,11-12,17H,10H2,1-5H3. The van der Waals surface area contributed by atoms with Crippen molar-refractivity contribution < 1.29 is 0 Å². The van der Waals surface area contributed by atoms with E-state index in [-0.39, 0.29) is 0 Å². The Balaban J connectivity index is 2.57. The molecule has 0 aliphatic carbocycles. The Kier molecular flexibility index (Phi) is 5.21. The average molecular weight is 298 g/mol. The van der Waals surface area contributed by atoms with Gasteiger partial charge in [-0.05, 0) is 36.4 Å². The zero-order valence-corrected chi connectivity index (χ0v) is 13.1. The topological polar surface area (TPSA) is 12.0 Å². The SMILES string of the molecule is CC(NCC(C)C(C)(C)C)c1ccccc1Br. The van der Waals surface area contributed by atoms with E-state index in [1.54, 1.807) is 0 Å². The third-order valence-corrected chi connectivity index (χ3v) is 4.30. The maximum absolute atomic E-state index is 3.62. The molecule has 1 aromatic carbocycles. The molecule has 0 spiro atoms. The third-order valence-electron chi connectivity index (χ3n) is 3.58. The Morgan fingerprint density at radius 3 is 2.29 bits per heavy atom. The molecule has 0 radical (unpaired) electrons. The summed E-state index contributed by atoms with van der Waals surface area (Å²) >= 11 is 3.60. The summed E-state index contributed by atoms with van der Waals surface area (Å²) < 4.78 is 1.18. The van der Waals surface area contributed by atoms with Crippen molar-refractivity contribution in [1.82, 2.24) is 5.32 Å². The predicted molar refractivity (Wildman–Crippen MR) is 79.2 cm³/mol. The molecule has 17 heavy (non-hydrogen) atoms. The lowest BCUT2D eigenvalue weighted by molar-refractivity contribution is 0.247. The van der Waals surface area contributed by atoms with Crippen LogP contribution in [0.15, 0.2) is 28.7 Å². The minimum atomic E-state index is 0.362. The summed E-state index contributed by atoms with van der Waals surface area (Å²) in [6, 6.07) is 8.80. The molecule has 0 aliphatic heterocycles. The molecule has 96 valence electrons. The van der Waals surface area contributed by atoms with E-state index >= 15 is 0 Å². The van der Waals surface area contributed by atoms with Gasteiger partial charge < -0.3 is 5.32 Å². The molecular weight excluding hydrogens is 274 g/mol. The number of halogens is 1. The number of benzene rings is 1. The summed E-state index contributed by atoms with van der Waals surface area (Å²) in [5.74, 6) is 0.660. The second-order valence-corrected chi connectivity index (χ2v) is 6.77. The Morgan fingerprint density at radius 1 is 1.18 bits per heavy atom. The first kappa shape index (κ1) is 14.7. The monoisotopic (exact) mass is 297 g/mol. The fourth-order valence-corrected chi connectivity index (χ4v) is 2.22. The van der Waals surface area contributed by atoms with Crippen LogP contribution in [-0.2, 0) is 0 Å². The third kappa shape index (κ3) is 4.44. The molecule has 1 N–H and O–H groups in total. The van der Waals surface area contributed by atoms with Crippen molar-refractivity contribution in [3.05, 3.63) is 34.3 Å². The Hall–Kier alpha value is -0.340. The van der Waals surface area contributed by atoms with Gasteiger partial charge in [-0.3, -0.25) is 0 Å². The predicted octanol–water partition coefficient (Wildman–Crippen LogP) is 4.78. The van der Waals surface area contributed by atoms with Gasteiger partial charge in [0.2, 0.25) is 0 Å². The first-order valence-corrected chi connectivity index (χ1v) is 7.09. The summed E-state index contributed by atoms with van der Waals surface area (Å²) in [6.07, 6.45) is 0. The van der Waals surface area contributed by atoms with Crippen molar-refractivity contribution >= 4 is 15.9 Å². The van der Waals surface area contributed by atoms with Crippen molar-refractivity contribution in [2.75, 3.05) is 6.54 Å². The van der Waals surface area contributed by atoms with Gasteiger partial charge >= 0.3 is 0 Å². The first-order valence-electron chi connectivity index (χ1n) is 6.30. The molecule has 0 aliphatic rings. The lowest BCUT2D eigenvalue weighted by Gasteiger charge is -2.29. The van der Waals surface area contributed by atoms with Crippen LogP contribution in [0.5, 0.6) is 0 Å². The van der Waals surface area contributed by atoms with Gasteiger partial charge in [0.05, 0.1) is 0 Å². The van der Waals surface area contributed by atoms with Crippen molar-refractivity contribution in [3.63, 3.8) is 0 Å². The summed E-state index contributed by atoms with van der Waals surface area (Å²) in [7, 11) is 0. The highest BCUT2D eigenvalue weighted by atomic mass is 79.9. The maximum atomic E-state index is 3.62. The number of nitrogens with one attached hydrogen (secondary N) is 1. The van der Waals surface area contributed by atoms with Crippen LogP contribution in [0, 0.1) is 11.3 Å². The van der Waals surface area contributed by atoms with Crippen molar-refractivity contribution in [2.45, 2.75) is 40.7 Å². The average Bonchev–Trinajstić information content (AvgIpc) is 2.24. The van der Waals surface area contributed by atoms with Crippen LogP contribution in [0.1, 0.15) is 46.2 Å². The van der Waals surface area contributed by atoms with Crippen LogP contribution < -0.4 is 5.32 Å². The molecule has 0 amide bonds. The Labute approximate surface area is 114 Å². The molecule has 0 heterocycles. The molecule has 0 saturated heterocycles. The summed E-state index contributed by atoms with van der Waals surface area (Å²) in [5, 5.41) is 3.62. The molecule has 2 atom stereocenters. The van der Waals surface area contributed by atoms with Crippen LogP contribution in [0.4, 0.5) is 0 Å². The highest BCUT2D eigenvalue weighted by Gasteiger charge is 2.20. The zero-order valence-electron chi connectivity index (χ0n) is 11.5. The second-order valence-electron chi connectivity index (χ2n) is 5.92. The van der Waals surface area contributed by atoms with Crippen LogP contribution in [0.3, 0.4) is 0 Å². The maximum Gasteiger partial charge on any atom is 0.0303 e. The summed E-state index contributed by atoms with van der Waals surface area (Å²) in [4.78, 5) is 0. The lowest BCUT2D eigenvalue weighted by atomic mass is 9.82. The van der Waals surface area contributed by atoms with E-state index in [4.69, 9.17) is 0 Å². The van der Waals surface area contributed by atoms with Crippen molar-refractivity contribution in [2.24, 2.45) is 11.3 Å². The van der Waals surface area contributed by atoms with Gasteiger partial charge in [0, 0.05) is 10.5 Å². The van der Waals surface area contributed by atoms with E-state index < -0.39 is 0 Å². The lowest BCUT2D eigenvalue weighted by Crippen LogP contribution is -2.31. The van der Waals surface area contributed by atoms with Gasteiger partial charge in [-0.2, -0.15) is 0 Å². The molecular formula is C15H24BrN. The molecule has 1 nitrogen and oxygen atoms in total.